The number of ether oxygens (including phenoxy) is 1. The van der Waals surface area contributed by atoms with E-state index in [0.29, 0.717) is 0 Å². The summed E-state index contributed by atoms with van der Waals surface area (Å²) in [5, 5.41) is 11.2. The van der Waals surface area contributed by atoms with Gasteiger partial charge in [0.1, 0.15) is 13.2 Å². The minimum absolute atomic E-state index is 0.191. The number of carbonyl (C=O) groups excluding carboxylic acids is 1. The van der Waals surface area contributed by atoms with E-state index in [4.69, 9.17) is 9.84 Å². The molecule has 0 aromatic heterocycles. The molecule has 0 fully saturated rings. The molecule has 0 heterocycles. The highest BCUT2D eigenvalue weighted by atomic mass is 16.5. The van der Waals surface area contributed by atoms with Crippen LogP contribution in [0.25, 0.3) is 0 Å². The molecule has 5 nitrogen and oxygen atoms in total. The monoisotopic (exact) mass is 231 g/mol. The van der Waals surface area contributed by atoms with E-state index in [0.717, 1.165) is 19.3 Å². The average molecular weight is 231 g/mol. The smallest absolute Gasteiger partial charge is 0.329 e. The van der Waals surface area contributed by atoms with Gasteiger partial charge >= 0.3 is 5.97 Å². The Balaban J connectivity index is 4.05. The van der Waals surface area contributed by atoms with Crippen LogP contribution in [0, 0.1) is 0 Å². The van der Waals surface area contributed by atoms with E-state index < -0.39 is 12.6 Å². The maximum atomic E-state index is 11.5. The van der Waals surface area contributed by atoms with Crippen molar-refractivity contribution in [2.75, 3.05) is 13.2 Å². The number of hydrogen-bond donors (Lipinski definition) is 2. The largest absolute Gasteiger partial charge is 0.480 e. The molecule has 0 bridgehead atoms. The summed E-state index contributed by atoms with van der Waals surface area (Å²) in [6.45, 7) is 5.42. The Bertz CT molecular complexity index is 228. The van der Waals surface area contributed by atoms with Gasteiger partial charge in [-0.2, -0.15) is 0 Å². The maximum absolute atomic E-state index is 11.5. The number of carboxylic acid groups (broad SMARTS) is 1. The molecule has 0 aromatic carbocycles. The van der Waals surface area contributed by atoms with Crippen molar-refractivity contribution >= 4 is 11.9 Å². The van der Waals surface area contributed by atoms with Crippen LogP contribution < -0.4 is 5.32 Å². The summed E-state index contributed by atoms with van der Waals surface area (Å²) in [5.74, 6) is -1.33. The molecule has 0 radical (unpaired) electrons. The number of hydrogen-bond acceptors (Lipinski definition) is 3. The van der Waals surface area contributed by atoms with E-state index in [1.165, 1.54) is 0 Å². The summed E-state index contributed by atoms with van der Waals surface area (Å²) < 4.78 is 4.72. The first-order valence-electron chi connectivity index (χ1n) is 5.60. The number of carboxylic acids is 1. The molecule has 16 heavy (non-hydrogen) atoms. The Hall–Kier alpha value is -1.10. The Morgan fingerprint density at radius 1 is 1.12 bits per heavy atom. The predicted molar refractivity (Wildman–Crippen MR) is 60.2 cm³/mol. The van der Waals surface area contributed by atoms with Gasteiger partial charge in [-0.15, -0.1) is 0 Å². The molecule has 0 saturated heterocycles. The van der Waals surface area contributed by atoms with Crippen LogP contribution in [0.3, 0.4) is 0 Å². The molecule has 2 N–H and O–H groups in total. The van der Waals surface area contributed by atoms with Gasteiger partial charge in [0.15, 0.2) is 0 Å². The van der Waals surface area contributed by atoms with E-state index in [1.807, 2.05) is 20.8 Å². The summed E-state index contributed by atoms with van der Waals surface area (Å²) in [4.78, 5) is 21.7. The van der Waals surface area contributed by atoms with Crippen LogP contribution in [0.4, 0.5) is 0 Å². The molecular formula is C11H21NO4. The molecular weight excluding hydrogens is 210 g/mol. The molecule has 94 valence electrons. The zero-order chi connectivity index (χ0) is 12.6. The molecule has 0 rings (SSSR count). The van der Waals surface area contributed by atoms with Gasteiger partial charge in [-0.25, -0.2) is 4.79 Å². The predicted octanol–water partition coefficient (Wildman–Crippen LogP) is 1.17. The van der Waals surface area contributed by atoms with Crippen molar-refractivity contribution in [3.63, 3.8) is 0 Å². The average Bonchev–Trinajstić information content (AvgIpc) is 2.25. The number of rotatable bonds is 8. The normalized spacial score (nSPS) is 11.2. The molecule has 0 aliphatic heterocycles. The fourth-order valence-electron chi connectivity index (χ4n) is 1.58. The van der Waals surface area contributed by atoms with Crippen LogP contribution >= 0.6 is 0 Å². The third-order valence-electron chi connectivity index (χ3n) is 2.89. The van der Waals surface area contributed by atoms with Gasteiger partial charge in [-0.3, -0.25) is 4.79 Å². The van der Waals surface area contributed by atoms with Gasteiger partial charge in [0.2, 0.25) is 5.91 Å². The van der Waals surface area contributed by atoms with Gasteiger partial charge in [0.25, 0.3) is 0 Å². The molecule has 0 saturated carbocycles. The van der Waals surface area contributed by atoms with Crippen molar-refractivity contribution in [2.24, 2.45) is 0 Å². The lowest BCUT2D eigenvalue weighted by molar-refractivity contribution is -0.143. The third kappa shape index (κ3) is 5.11. The molecule has 5 heteroatoms. The number of aliphatic carboxylic acids is 1. The standard InChI is InChI=1S/C11H21NO4/c1-4-11(5-2,6-3)12-9(13)7-16-8-10(14)15/h4-8H2,1-3H3,(H,12,13)(H,14,15). The highest BCUT2D eigenvalue weighted by Crippen LogP contribution is 2.18. The Morgan fingerprint density at radius 3 is 2.00 bits per heavy atom. The van der Waals surface area contributed by atoms with E-state index in [2.05, 4.69) is 5.32 Å². The van der Waals surface area contributed by atoms with E-state index >= 15 is 0 Å². The first-order valence-corrected chi connectivity index (χ1v) is 5.60. The van der Waals surface area contributed by atoms with E-state index in [-0.39, 0.29) is 18.1 Å². The van der Waals surface area contributed by atoms with Crippen molar-refractivity contribution in [2.45, 2.75) is 45.6 Å². The van der Waals surface area contributed by atoms with Gasteiger partial charge in [0.05, 0.1) is 0 Å². The molecule has 0 aliphatic rings. The molecule has 0 aromatic rings. The number of carbonyl (C=O) groups is 2. The van der Waals surface area contributed by atoms with Gasteiger partial charge in [0, 0.05) is 5.54 Å². The van der Waals surface area contributed by atoms with Crippen molar-refractivity contribution in [1.82, 2.24) is 5.32 Å². The topological polar surface area (TPSA) is 75.6 Å². The lowest BCUT2D eigenvalue weighted by atomic mass is 9.90. The van der Waals surface area contributed by atoms with Crippen LogP contribution in [0.1, 0.15) is 40.0 Å². The van der Waals surface area contributed by atoms with Gasteiger partial charge in [-0.1, -0.05) is 20.8 Å². The highest BCUT2D eigenvalue weighted by Gasteiger charge is 2.25. The summed E-state index contributed by atoms with van der Waals surface area (Å²) in [5.41, 5.74) is -0.191. The third-order valence-corrected chi connectivity index (χ3v) is 2.89. The minimum atomic E-state index is -1.07. The van der Waals surface area contributed by atoms with Crippen molar-refractivity contribution in [3.05, 3.63) is 0 Å². The van der Waals surface area contributed by atoms with Crippen LogP contribution in [0.5, 0.6) is 0 Å². The molecule has 0 atom stereocenters. The fraction of sp³-hybridized carbons (Fsp3) is 0.818. The second kappa shape index (κ2) is 7.22. The van der Waals surface area contributed by atoms with Gasteiger partial charge < -0.3 is 15.2 Å². The van der Waals surface area contributed by atoms with Crippen LogP contribution in [-0.4, -0.2) is 35.7 Å². The second-order valence-electron chi connectivity index (χ2n) is 3.78. The first-order chi connectivity index (χ1) is 7.49. The quantitative estimate of drug-likeness (QED) is 0.657. The zero-order valence-electron chi connectivity index (χ0n) is 10.2. The molecule has 1 amide bonds. The second-order valence-corrected chi connectivity index (χ2v) is 3.78. The molecule has 0 aliphatic carbocycles. The Labute approximate surface area is 96.2 Å². The summed E-state index contributed by atoms with van der Waals surface area (Å²) in [6.07, 6.45) is 2.56. The minimum Gasteiger partial charge on any atom is -0.480 e. The van der Waals surface area contributed by atoms with Gasteiger partial charge in [-0.05, 0) is 19.3 Å². The van der Waals surface area contributed by atoms with E-state index in [9.17, 15) is 9.59 Å². The van der Waals surface area contributed by atoms with Crippen molar-refractivity contribution < 1.29 is 19.4 Å². The summed E-state index contributed by atoms with van der Waals surface area (Å²) in [6, 6.07) is 0. The Morgan fingerprint density at radius 2 is 1.62 bits per heavy atom. The van der Waals surface area contributed by atoms with Crippen LogP contribution in [0.15, 0.2) is 0 Å². The summed E-state index contributed by atoms with van der Waals surface area (Å²) >= 11 is 0. The van der Waals surface area contributed by atoms with E-state index in [1.54, 1.807) is 0 Å². The zero-order valence-corrected chi connectivity index (χ0v) is 10.2. The number of nitrogens with one attached hydrogen (secondary N) is 1. The first kappa shape index (κ1) is 14.9. The van der Waals surface area contributed by atoms with Crippen LogP contribution in [-0.2, 0) is 14.3 Å². The maximum Gasteiger partial charge on any atom is 0.329 e. The fourth-order valence-corrected chi connectivity index (χ4v) is 1.58. The SMILES string of the molecule is CCC(CC)(CC)NC(=O)COCC(=O)O. The lowest BCUT2D eigenvalue weighted by Crippen LogP contribution is -2.48. The van der Waals surface area contributed by atoms with Crippen molar-refractivity contribution in [3.8, 4) is 0 Å². The Kier molecular flexibility index (Phi) is 6.72. The number of amides is 1. The van der Waals surface area contributed by atoms with Crippen molar-refractivity contribution in [1.29, 1.82) is 0 Å². The highest BCUT2D eigenvalue weighted by molar-refractivity contribution is 5.78. The molecule has 0 spiro atoms. The molecule has 0 unspecified atom stereocenters. The lowest BCUT2D eigenvalue weighted by Gasteiger charge is -2.31. The van der Waals surface area contributed by atoms with Crippen LogP contribution in [0.2, 0.25) is 0 Å². The summed E-state index contributed by atoms with van der Waals surface area (Å²) in [7, 11) is 0.